The number of benzene rings is 2. The molecule has 0 spiro atoms. The summed E-state index contributed by atoms with van der Waals surface area (Å²) in [4.78, 5) is 15.1. The van der Waals surface area contributed by atoms with Crippen molar-refractivity contribution in [2.24, 2.45) is 0 Å². The third kappa shape index (κ3) is 1.40. The third-order valence-electron chi connectivity index (χ3n) is 3.28. The van der Waals surface area contributed by atoms with Gasteiger partial charge in [0.2, 0.25) is 0 Å². The Hall–Kier alpha value is -2.29. The molecule has 1 aromatic heterocycles. The van der Waals surface area contributed by atoms with E-state index in [0.717, 1.165) is 27.4 Å². The Morgan fingerprint density at radius 2 is 1.89 bits per heavy atom. The highest BCUT2D eigenvalue weighted by Crippen LogP contribution is 2.29. The number of fused-ring (bicyclic) bond motifs is 3. The van der Waals surface area contributed by atoms with Gasteiger partial charge in [-0.3, -0.25) is 0 Å². The average molecular weight is 239 g/mol. The molecule has 0 radical (unpaired) electrons. The van der Waals surface area contributed by atoms with Gasteiger partial charge in [0, 0.05) is 16.5 Å². The number of carbonyl (C=O) groups excluding carboxylic acids is 1. The molecule has 0 aliphatic heterocycles. The topological polar surface area (TPSA) is 42.1 Å². The Morgan fingerprint density at radius 3 is 2.67 bits per heavy atom. The molecule has 1 heterocycles. The molecule has 0 amide bonds. The van der Waals surface area contributed by atoms with Gasteiger partial charge >= 0.3 is 5.97 Å². The SMILES string of the molecule is COC(=O)c1c(C)[nH]c2c1ccc1ccccc12. The molecule has 90 valence electrons. The molecule has 0 unspecified atom stereocenters. The first kappa shape index (κ1) is 10.8. The molecule has 3 heteroatoms. The van der Waals surface area contributed by atoms with Gasteiger partial charge in [-0.15, -0.1) is 0 Å². The number of aryl methyl sites for hydroxylation is 1. The van der Waals surface area contributed by atoms with Gasteiger partial charge in [0.25, 0.3) is 0 Å². The summed E-state index contributed by atoms with van der Waals surface area (Å²) in [5.74, 6) is -0.297. The Kier molecular flexibility index (Phi) is 2.33. The van der Waals surface area contributed by atoms with Crippen LogP contribution >= 0.6 is 0 Å². The van der Waals surface area contributed by atoms with E-state index in [0.29, 0.717) is 5.56 Å². The van der Waals surface area contributed by atoms with E-state index < -0.39 is 0 Å². The number of nitrogens with one attached hydrogen (secondary N) is 1. The number of carbonyl (C=O) groups is 1. The average Bonchev–Trinajstić information content (AvgIpc) is 2.74. The second kappa shape index (κ2) is 3.88. The summed E-state index contributed by atoms with van der Waals surface area (Å²) in [5.41, 5.74) is 2.46. The van der Waals surface area contributed by atoms with Gasteiger partial charge < -0.3 is 9.72 Å². The van der Waals surface area contributed by atoms with Crippen LogP contribution in [0.2, 0.25) is 0 Å². The number of hydrogen-bond acceptors (Lipinski definition) is 2. The molecule has 3 nitrogen and oxygen atoms in total. The van der Waals surface area contributed by atoms with E-state index in [-0.39, 0.29) is 5.97 Å². The van der Waals surface area contributed by atoms with Gasteiger partial charge in [0.15, 0.2) is 0 Å². The molecule has 18 heavy (non-hydrogen) atoms. The second-order valence-corrected chi connectivity index (χ2v) is 4.33. The minimum Gasteiger partial charge on any atom is -0.465 e. The van der Waals surface area contributed by atoms with Crippen molar-refractivity contribution in [3.63, 3.8) is 0 Å². The Labute approximate surface area is 104 Å². The summed E-state index contributed by atoms with van der Waals surface area (Å²) in [6.45, 7) is 1.89. The minimum atomic E-state index is -0.297. The highest BCUT2D eigenvalue weighted by Gasteiger charge is 2.17. The molecular weight excluding hydrogens is 226 g/mol. The lowest BCUT2D eigenvalue weighted by molar-refractivity contribution is 0.0602. The number of aromatic nitrogens is 1. The number of methoxy groups -OCH3 is 1. The number of esters is 1. The number of aromatic amines is 1. The Bertz CT molecular complexity index is 756. The number of H-pyrrole nitrogens is 1. The van der Waals surface area contributed by atoms with E-state index in [1.165, 1.54) is 7.11 Å². The maximum Gasteiger partial charge on any atom is 0.340 e. The van der Waals surface area contributed by atoms with E-state index in [9.17, 15) is 4.79 Å². The highest BCUT2D eigenvalue weighted by atomic mass is 16.5. The number of hydrogen-bond donors (Lipinski definition) is 1. The van der Waals surface area contributed by atoms with Crippen LogP contribution < -0.4 is 0 Å². The normalized spacial score (nSPS) is 11.0. The maximum absolute atomic E-state index is 11.8. The third-order valence-corrected chi connectivity index (χ3v) is 3.28. The van der Waals surface area contributed by atoms with Crippen molar-refractivity contribution < 1.29 is 9.53 Å². The quantitative estimate of drug-likeness (QED) is 0.661. The molecule has 0 atom stereocenters. The van der Waals surface area contributed by atoms with Crippen molar-refractivity contribution >= 4 is 27.6 Å². The Balaban J connectivity index is 2.44. The van der Waals surface area contributed by atoms with E-state index in [4.69, 9.17) is 4.74 Å². The van der Waals surface area contributed by atoms with E-state index in [1.54, 1.807) is 0 Å². The molecule has 0 aliphatic rings. The van der Waals surface area contributed by atoms with Gasteiger partial charge in [-0.1, -0.05) is 36.4 Å². The summed E-state index contributed by atoms with van der Waals surface area (Å²) < 4.78 is 4.84. The predicted molar refractivity (Wildman–Crippen MR) is 71.9 cm³/mol. The van der Waals surface area contributed by atoms with Crippen LogP contribution in [0.5, 0.6) is 0 Å². The lowest BCUT2D eigenvalue weighted by Gasteiger charge is -2.00. The van der Waals surface area contributed by atoms with Gasteiger partial charge in [-0.2, -0.15) is 0 Å². The first-order valence-electron chi connectivity index (χ1n) is 5.80. The van der Waals surface area contributed by atoms with Crippen LogP contribution in [0.15, 0.2) is 36.4 Å². The second-order valence-electron chi connectivity index (χ2n) is 4.33. The standard InChI is InChI=1S/C15H13NO2/c1-9-13(15(17)18-2)12-8-7-10-5-3-4-6-11(10)14(12)16-9/h3-8,16H,1-2H3. The fraction of sp³-hybridized carbons (Fsp3) is 0.133. The van der Waals surface area contributed by atoms with Crippen LogP contribution in [-0.2, 0) is 4.74 Å². The van der Waals surface area contributed by atoms with Crippen LogP contribution in [0.1, 0.15) is 16.1 Å². The maximum atomic E-state index is 11.8. The largest absolute Gasteiger partial charge is 0.465 e. The molecule has 0 saturated carbocycles. The number of ether oxygens (including phenoxy) is 1. The predicted octanol–water partition coefficient (Wildman–Crippen LogP) is 3.42. The summed E-state index contributed by atoms with van der Waals surface area (Å²) in [5, 5.41) is 3.19. The molecule has 0 fully saturated rings. The first-order chi connectivity index (χ1) is 8.72. The van der Waals surface area contributed by atoms with Crippen LogP contribution in [0.25, 0.3) is 21.7 Å². The molecule has 0 bridgehead atoms. The lowest BCUT2D eigenvalue weighted by Crippen LogP contribution is -2.01. The monoisotopic (exact) mass is 239 g/mol. The lowest BCUT2D eigenvalue weighted by atomic mass is 10.1. The summed E-state index contributed by atoms with van der Waals surface area (Å²) in [7, 11) is 1.40. The zero-order valence-corrected chi connectivity index (χ0v) is 10.3. The summed E-state index contributed by atoms with van der Waals surface area (Å²) in [6.07, 6.45) is 0. The molecule has 0 saturated heterocycles. The fourth-order valence-corrected chi connectivity index (χ4v) is 2.43. The van der Waals surface area contributed by atoms with Crippen molar-refractivity contribution in [3.05, 3.63) is 47.7 Å². The summed E-state index contributed by atoms with van der Waals surface area (Å²) >= 11 is 0. The van der Waals surface area contributed by atoms with E-state index in [2.05, 4.69) is 17.1 Å². The zero-order valence-electron chi connectivity index (χ0n) is 10.3. The Morgan fingerprint density at radius 1 is 1.11 bits per heavy atom. The minimum absolute atomic E-state index is 0.297. The molecule has 2 aromatic carbocycles. The van der Waals surface area contributed by atoms with E-state index >= 15 is 0 Å². The zero-order chi connectivity index (χ0) is 12.7. The van der Waals surface area contributed by atoms with Crippen molar-refractivity contribution in [3.8, 4) is 0 Å². The van der Waals surface area contributed by atoms with Crippen LogP contribution in [0.3, 0.4) is 0 Å². The van der Waals surface area contributed by atoms with Gasteiger partial charge in [0.05, 0.1) is 18.2 Å². The first-order valence-corrected chi connectivity index (χ1v) is 5.80. The van der Waals surface area contributed by atoms with Crippen LogP contribution in [0, 0.1) is 6.92 Å². The van der Waals surface area contributed by atoms with Crippen molar-refractivity contribution in [1.82, 2.24) is 4.98 Å². The fourth-order valence-electron chi connectivity index (χ4n) is 2.43. The van der Waals surface area contributed by atoms with Crippen LogP contribution in [0.4, 0.5) is 0 Å². The van der Waals surface area contributed by atoms with Gasteiger partial charge in [-0.25, -0.2) is 4.79 Å². The molecule has 1 N–H and O–H groups in total. The molecule has 0 aliphatic carbocycles. The van der Waals surface area contributed by atoms with Crippen molar-refractivity contribution in [2.75, 3.05) is 7.11 Å². The molecular formula is C15H13NO2. The highest BCUT2D eigenvalue weighted by molar-refractivity contribution is 6.14. The number of rotatable bonds is 1. The summed E-state index contributed by atoms with van der Waals surface area (Å²) in [6, 6.07) is 12.1. The van der Waals surface area contributed by atoms with Gasteiger partial charge in [0.1, 0.15) is 0 Å². The molecule has 3 rings (SSSR count). The smallest absolute Gasteiger partial charge is 0.340 e. The van der Waals surface area contributed by atoms with E-state index in [1.807, 2.05) is 31.2 Å². The van der Waals surface area contributed by atoms with Crippen LogP contribution in [-0.4, -0.2) is 18.1 Å². The van der Waals surface area contributed by atoms with Crippen molar-refractivity contribution in [1.29, 1.82) is 0 Å². The molecule has 3 aromatic rings. The van der Waals surface area contributed by atoms with Gasteiger partial charge in [-0.05, 0) is 12.3 Å². The van der Waals surface area contributed by atoms with Crippen molar-refractivity contribution in [2.45, 2.75) is 6.92 Å².